The SMILES string of the molecule is N#CCCSc1nc2sc3c(c2c(=O)n1-c1cccc(C(F)(F)F)c1)CCCC3. The number of fused-ring (bicyclic) bond motifs is 3. The number of aryl methyl sites for hydroxylation is 2. The van der Waals surface area contributed by atoms with E-state index in [-0.39, 0.29) is 17.7 Å². The van der Waals surface area contributed by atoms with E-state index in [0.29, 0.717) is 21.1 Å². The van der Waals surface area contributed by atoms with Gasteiger partial charge in [-0.25, -0.2) is 4.98 Å². The Morgan fingerprint density at radius 2 is 2.07 bits per heavy atom. The zero-order valence-corrected chi connectivity index (χ0v) is 16.9. The van der Waals surface area contributed by atoms with Crippen molar-refractivity contribution in [2.24, 2.45) is 0 Å². The number of thiophene rings is 1. The van der Waals surface area contributed by atoms with Gasteiger partial charge in [0.05, 0.1) is 22.7 Å². The van der Waals surface area contributed by atoms with Crippen molar-refractivity contribution in [2.45, 2.75) is 43.4 Å². The van der Waals surface area contributed by atoms with Crippen molar-refractivity contribution < 1.29 is 13.2 Å². The third-order valence-corrected chi connectivity index (χ3v) is 6.96. The number of hydrogen-bond donors (Lipinski definition) is 0. The van der Waals surface area contributed by atoms with Crippen LogP contribution < -0.4 is 5.56 Å². The molecular formula is C20H16F3N3OS2. The first-order chi connectivity index (χ1) is 13.9. The van der Waals surface area contributed by atoms with Crippen molar-refractivity contribution in [1.82, 2.24) is 9.55 Å². The molecule has 2 heterocycles. The van der Waals surface area contributed by atoms with Gasteiger partial charge < -0.3 is 0 Å². The number of nitrogens with zero attached hydrogens (tertiary/aromatic N) is 3. The molecule has 2 aromatic heterocycles. The summed E-state index contributed by atoms with van der Waals surface area (Å²) in [6.07, 6.45) is -0.521. The van der Waals surface area contributed by atoms with Crippen LogP contribution in [-0.2, 0) is 19.0 Å². The summed E-state index contributed by atoms with van der Waals surface area (Å²) in [6, 6.07) is 6.77. The van der Waals surface area contributed by atoms with Crippen molar-refractivity contribution in [1.29, 1.82) is 5.26 Å². The largest absolute Gasteiger partial charge is 0.416 e. The van der Waals surface area contributed by atoms with E-state index >= 15 is 0 Å². The number of alkyl halides is 3. The molecule has 0 radical (unpaired) electrons. The van der Waals surface area contributed by atoms with Crippen molar-refractivity contribution in [2.75, 3.05) is 5.75 Å². The molecule has 0 N–H and O–H groups in total. The second kappa shape index (κ2) is 7.84. The highest BCUT2D eigenvalue weighted by molar-refractivity contribution is 7.99. The van der Waals surface area contributed by atoms with Gasteiger partial charge in [0.25, 0.3) is 5.56 Å². The zero-order chi connectivity index (χ0) is 20.6. The van der Waals surface area contributed by atoms with Gasteiger partial charge in [0.1, 0.15) is 4.83 Å². The number of halogens is 3. The second-order valence-electron chi connectivity index (χ2n) is 6.73. The smallest absolute Gasteiger partial charge is 0.268 e. The quantitative estimate of drug-likeness (QED) is 0.315. The number of aromatic nitrogens is 2. The predicted octanol–water partition coefficient (Wildman–Crippen LogP) is 5.35. The van der Waals surface area contributed by atoms with E-state index in [0.717, 1.165) is 48.3 Å². The lowest BCUT2D eigenvalue weighted by molar-refractivity contribution is -0.137. The molecule has 4 nitrogen and oxygen atoms in total. The molecule has 29 heavy (non-hydrogen) atoms. The van der Waals surface area contributed by atoms with E-state index in [9.17, 15) is 18.0 Å². The minimum absolute atomic E-state index is 0.134. The Labute approximate surface area is 173 Å². The second-order valence-corrected chi connectivity index (χ2v) is 8.88. The molecule has 0 spiro atoms. The number of benzene rings is 1. The summed E-state index contributed by atoms with van der Waals surface area (Å²) in [6.45, 7) is 0. The maximum atomic E-state index is 13.4. The van der Waals surface area contributed by atoms with Gasteiger partial charge in [-0.2, -0.15) is 18.4 Å². The first-order valence-corrected chi connectivity index (χ1v) is 10.9. The predicted molar refractivity (Wildman–Crippen MR) is 108 cm³/mol. The average Bonchev–Trinajstić information content (AvgIpc) is 3.06. The minimum atomic E-state index is -4.51. The Morgan fingerprint density at radius 1 is 1.28 bits per heavy atom. The molecular weight excluding hydrogens is 419 g/mol. The molecule has 1 aliphatic carbocycles. The van der Waals surface area contributed by atoms with Gasteiger partial charge >= 0.3 is 6.18 Å². The molecule has 1 aliphatic rings. The molecule has 0 saturated heterocycles. The molecule has 9 heteroatoms. The third-order valence-electron chi connectivity index (χ3n) is 4.83. The summed E-state index contributed by atoms with van der Waals surface area (Å²) in [5.41, 5.74) is -0.0343. The van der Waals surface area contributed by atoms with Gasteiger partial charge in [-0.1, -0.05) is 17.8 Å². The van der Waals surface area contributed by atoms with Crippen molar-refractivity contribution in [3.8, 4) is 11.8 Å². The maximum Gasteiger partial charge on any atom is 0.416 e. The van der Waals surface area contributed by atoms with E-state index in [1.165, 1.54) is 39.8 Å². The molecule has 3 aromatic rings. The molecule has 4 rings (SSSR count). The Morgan fingerprint density at radius 3 is 2.83 bits per heavy atom. The number of rotatable bonds is 4. The normalized spacial score (nSPS) is 14.0. The lowest BCUT2D eigenvalue weighted by Gasteiger charge is -2.15. The van der Waals surface area contributed by atoms with Crippen LogP contribution in [0.1, 0.15) is 35.3 Å². The van der Waals surface area contributed by atoms with Gasteiger partial charge in [0.2, 0.25) is 0 Å². The lowest BCUT2D eigenvalue weighted by Crippen LogP contribution is -2.23. The molecule has 150 valence electrons. The highest BCUT2D eigenvalue weighted by atomic mass is 32.2. The average molecular weight is 435 g/mol. The molecule has 0 atom stereocenters. The Hall–Kier alpha value is -2.31. The van der Waals surface area contributed by atoms with Crippen LogP contribution >= 0.6 is 23.1 Å². The molecule has 0 unspecified atom stereocenters. The molecule has 0 aliphatic heterocycles. The highest BCUT2D eigenvalue weighted by Crippen LogP contribution is 2.36. The van der Waals surface area contributed by atoms with Crippen molar-refractivity contribution in [3.63, 3.8) is 0 Å². The van der Waals surface area contributed by atoms with Gasteiger partial charge in [-0.3, -0.25) is 9.36 Å². The van der Waals surface area contributed by atoms with Crippen LogP contribution in [0, 0.1) is 11.3 Å². The summed E-state index contributed by atoms with van der Waals surface area (Å²) >= 11 is 2.71. The molecule has 1 aromatic carbocycles. The standard InChI is InChI=1S/C20H16F3N3OS2/c21-20(22,23)12-5-3-6-13(11-12)26-18(27)16-14-7-1-2-8-15(14)29-17(16)25-19(26)28-10-4-9-24/h3,5-6,11H,1-2,4,7-8,10H2. The summed E-state index contributed by atoms with van der Waals surface area (Å²) in [5.74, 6) is 0.401. The van der Waals surface area contributed by atoms with Gasteiger partial charge in [-0.15, -0.1) is 11.3 Å². The fraction of sp³-hybridized carbons (Fsp3) is 0.350. The summed E-state index contributed by atoms with van der Waals surface area (Å²) in [7, 11) is 0. The lowest BCUT2D eigenvalue weighted by atomic mass is 9.97. The summed E-state index contributed by atoms with van der Waals surface area (Å²) in [4.78, 5) is 19.9. The zero-order valence-electron chi connectivity index (χ0n) is 15.3. The molecule has 0 bridgehead atoms. The molecule has 0 amide bonds. The number of thioether (sulfide) groups is 1. The van der Waals surface area contributed by atoms with Crippen LogP contribution in [0.15, 0.2) is 34.2 Å². The highest BCUT2D eigenvalue weighted by Gasteiger charge is 2.31. The Bertz CT molecular complexity index is 1170. The van der Waals surface area contributed by atoms with E-state index in [2.05, 4.69) is 4.98 Å². The summed E-state index contributed by atoms with van der Waals surface area (Å²) < 4.78 is 40.9. The van der Waals surface area contributed by atoms with Crippen LogP contribution in [0.25, 0.3) is 15.9 Å². The van der Waals surface area contributed by atoms with Crippen molar-refractivity contribution >= 4 is 33.3 Å². The van der Waals surface area contributed by atoms with E-state index in [1.807, 2.05) is 6.07 Å². The van der Waals surface area contributed by atoms with Gasteiger partial charge in [-0.05, 0) is 49.4 Å². The van der Waals surface area contributed by atoms with Gasteiger partial charge in [0.15, 0.2) is 5.16 Å². The van der Waals surface area contributed by atoms with Crippen LogP contribution in [0.4, 0.5) is 13.2 Å². The van der Waals surface area contributed by atoms with E-state index < -0.39 is 11.7 Å². The monoisotopic (exact) mass is 435 g/mol. The van der Waals surface area contributed by atoms with Crippen LogP contribution in [-0.4, -0.2) is 15.3 Å². The first kappa shape index (κ1) is 20.0. The Kier molecular flexibility index (Phi) is 5.40. The fourth-order valence-electron chi connectivity index (χ4n) is 3.52. The van der Waals surface area contributed by atoms with Crippen LogP contribution in [0.5, 0.6) is 0 Å². The van der Waals surface area contributed by atoms with E-state index in [4.69, 9.17) is 5.26 Å². The molecule has 0 fully saturated rings. The van der Waals surface area contributed by atoms with Crippen LogP contribution in [0.2, 0.25) is 0 Å². The molecule has 0 saturated carbocycles. The number of nitriles is 1. The Balaban J connectivity index is 1.95. The number of hydrogen-bond acceptors (Lipinski definition) is 5. The van der Waals surface area contributed by atoms with Crippen LogP contribution in [0.3, 0.4) is 0 Å². The topological polar surface area (TPSA) is 58.7 Å². The first-order valence-electron chi connectivity index (χ1n) is 9.15. The van der Waals surface area contributed by atoms with Crippen molar-refractivity contribution in [3.05, 3.63) is 50.6 Å². The van der Waals surface area contributed by atoms with Gasteiger partial charge in [0, 0.05) is 17.1 Å². The fourth-order valence-corrected chi connectivity index (χ4v) is 5.68. The maximum absolute atomic E-state index is 13.4. The van der Waals surface area contributed by atoms with E-state index in [1.54, 1.807) is 0 Å². The summed E-state index contributed by atoms with van der Waals surface area (Å²) in [5, 5.41) is 9.65. The third kappa shape index (κ3) is 3.79. The minimum Gasteiger partial charge on any atom is -0.268 e.